The zero-order valence-corrected chi connectivity index (χ0v) is 47.8. The molecule has 81 heavy (non-hydrogen) atoms. The second-order valence-electron chi connectivity index (χ2n) is 24.9. The van der Waals surface area contributed by atoms with Gasteiger partial charge in [-0.2, -0.15) is 18.3 Å². The highest BCUT2D eigenvalue weighted by atomic mass is 19.4. The quantitative estimate of drug-likeness (QED) is 0.0657. The second-order valence-corrected chi connectivity index (χ2v) is 24.9. The summed E-state index contributed by atoms with van der Waals surface area (Å²) in [6.07, 6.45) is 11.9. The minimum absolute atomic E-state index is 0.134. The molecule has 3 aliphatic carbocycles. The fourth-order valence-corrected chi connectivity index (χ4v) is 13.4. The smallest absolute Gasteiger partial charge is 0.433 e. The maximum atomic E-state index is 14.8. The predicted molar refractivity (Wildman–Crippen MR) is 305 cm³/mol. The highest BCUT2D eigenvalue weighted by Crippen LogP contribution is 2.54. The van der Waals surface area contributed by atoms with Crippen LogP contribution in [0.4, 0.5) is 18.9 Å². The lowest BCUT2D eigenvalue weighted by Gasteiger charge is -2.53. The zero-order chi connectivity index (χ0) is 57.2. The van der Waals surface area contributed by atoms with Gasteiger partial charge in [-0.3, -0.25) is 23.9 Å². The zero-order valence-electron chi connectivity index (χ0n) is 47.8. The van der Waals surface area contributed by atoms with Crippen LogP contribution in [-0.4, -0.2) is 107 Å². The van der Waals surface area contributed by atoms with E-state index in [1.54, 1.807) is 31.0 Å². The van der Waals surface area contributed by atoms with Gasteiger partial charge in [0.15, 0.2) is 0 Å². The summed E-state index contributed by atoms with van der Waals surface area (Å²) in [6.45, 7) is 11.8. The first-order valence-corrected chi connectivity index (χ1v) is 29.3. The van der Waals surface area contributed by atoms with Crippen molar-refractivity contribution in [2.75, 3.05) is 45.7 Å². The number of likely N-dealkylation sites (tertiary alicyclic amines) is 1. The fourth-order valence-electron chi connectivity index (χ4n) is 13.4. The van der Waals surface area contributed by atoms with Crippen molar-refractivity contribution in [3.8, 4) is 11.5 Å². The van der Waals surface area contributed by atoms with Gasteiger partial charge in [-0.05, 0) is 186 Å². The molecule has 3 aromatic carbocycles. The predicted octanol–water partition coefficient (Wildman–Crippen LogP) is 10.4. The fraction of sp³-hybridized carbons (Fsp3) is 0.556. The van der Waals surface area contributed by atoms with E-state index in [1.165, 1.54) is 44.4 Å². The van der Waals surface area contributed by atoms with Gasteiger partial charge in [0.05, 0.1) is 43.0 Å². The van der Waals surface area contributed by atoms with Gasteiger partial charge >= 0.3 is 6.18 Å². The normalized spacial score (nSPS) is 22.0. The minimum Gasteiger partial charge on any atom is -0.494 e. The molecule has 1 spiro atoms. The number of pyridine rings is 1. The molecule has 2 aliphatic heterocycles. The molecule has 4 amide bonds. The number of carbonyl (C=O) groups excluding carboxylic acids is 4. The monoisotopic (exact) mass is 1120 g/mol. The molecular formula is C63H80F3N9O6. The van der Waals surface area contributed by atoms with Gasteiger partial charge in [0.2, 0.25) is 17.7 Å². The molecule has 2 saturated carbocycles. The number of benzene rings is 3. The lowest BCUT2D eigenvalue weighted by Crippen LogP contribution is -2.62. The molecule has 434 valence electrons. The molecule has 2 aromatic heterocycles. The van der Waals surface area contributed by atoms with E-state index in [0.717, 1.165) is 117 Å². The molecule has 10 rings (SSSR count). The first-order valence-electron chi connectivity index (χ1n) is 29.3. The molecule has 5 aromatic rings. The van der Waals surface area contributed by atoms with Crippen LogP contribution in [0.15, 0.2) is 79.0 Å². The molecule has 5 aliphatic rings. The van der Waals surface area contributed by atoms with E-state index in [2.05, 4.69) is 49.4 Å². The number of rotatable bonds is 17. The minimum atomic E-state index is -4.67. The van der Waals surface area contributed by atoms with E-state index in [9.17, 15) is 32.3 Å². The Hall–Kier alpha value is -6.53. The molecule has 1 saturated heterocycles. The van der Waals surface area contributed by atoms with Crippen molar-refractivity contribution in [1.29, 1.82) is 0 Å². The van der Waals surface area contributed by atoms with Crippen LogP contribution in [0.2, 0.25) is 0 Å². The molecule has 0 radical (unpaired) electrons. The SMILES string of the molecule is CN[C@@H](C)C(=O)N[C@H](C(=O)N1Cc2cc(OCCCC3CC4(CCN(C[C@H]5CC[C@H](n6cc7cc(NC(=O)c8cccc(C(F)(F)F)n8)c(OC)cc7n6)CC5)CC4)C3)ccc2C[C@H]1C(=O)N[C@@H]1CCCc2ccccc21)C(C)(C)C. The molecular weight excluding hydrogens is 1040 g/mol. The number of hydrogen-bond donors (Lipinski definition) is 4. The van der Waals surface area contributed by atoms with Gasteiger partial charge in [-0.1, -0.05) is 57.2 Å². The topological polar surface area (TPSA) is 172 Å². The lowest BCUT2D eigenvalue weighted by molar-refractivity contribution is -0.147. The maximum Gasteiger partial charge on any atom is 0.433 e. The van der Waals surface area contributed by atoms with Crippen LogP contribution in [0.1, 0.15) is 155 Å². The number of halogens is 3. The van der Waals surface area contributed by atoms with E-state index in [4.69, 9.17) is 14.6 Å². The van der Waals surface area contributed by atoms with Gasteiger partial charge in [-0.25, -0.2) is 4.98 Å². The Labute approximate surface area is 473 Å². The molecule has 4 heterocycles. The van der Waals surface area contributed by atoms with Gasteiger partial charge in [0.25, 0.3) is 5.91 Å². The Morgan fingerprint density at radius 2 is 1.64 bits per heavy atom. The van der Waals surface area contributed by atoms with Crippen LogP contribution < -0.4 is 30.7 Å². The third-order valence-corrected chi connectivity index (χ3v) is 18.3. The van der Waals surface area contributed by atoms with Gasteiger partial charge in [0.1, 0.15) is 35.0 Å². The van der Waals surface area contributed by atoms with Crippen LogP contribution in [0.3, 0.4) is 0 Å². The Balaban J connectivity index is 0.675. The number of carbonyl (C=O) groups is 4. The number of methoxy groups -OCH3 is 1. The Kier molecular flexibility index (Phi) is 17.2. The number of nitrogens with zero attached hydrogens (tertiary/aromatic N) is 5. The Morgan fingerprint density at radius 1 is 0.877 bits per heavy atom. The average molecular weight is 1120 g/mol. The van der Waals surface area contributed by atoms with Crippen LogP contribution in [0.5, 0.6) is 11.5 Å². The lowest BCUT2D eigenvalue weighted by atomic mass is 9.56. The van der Waals surface area contributed by atoms with E-state index in [-0.39, 0.29) is 42.0 Å². The summed E-state index contributed by atoms with van der Waals surface area (Å²) in [4.78, 5) is 63.4. The van der Waals surface area contributed by atoms with Gasteiger partial charge in [0, 0.05) is 37.2 Å². The number of amides is 4. The molecule has 0 bridgehead atoms. The summed E-state index contributed by atoms with van der Waals surface area (Å²) in [5, 5.41) is 17.7. The number of nitrogens with one attached hydrogen (secondary N) is 4. The van der Waals surface area contributed by atoms with Crippen molar-refractivity contribution >= 4 is 40.2 Å². The van der Waals surface area contributed by atoms with Crippen molar-refractivity contribution in [3.05, 3.63) is 113 Å². The summed E-state index contributed by atoms with van der Waals surface area (Å²) in [5.41, 5.74) is 3.74. The first-order chi connectivity index (χ1) is 38.8. The third-order valence-electron chi connectivity index (χ3n) is 18.3. The van der Waals surface area contributed by atoms with Crippen LogP contribution in [-0.2, 0) is 39.9 Å². The summed E-state index contributed by atoms with van der Waals surface area (Å²) in [6, 6.07) is 19.1. The molecule has 4 atom stereocenters. The van der Waals surface area contributed by atoms with Crippen molar-refractivity contribution in [2.45, 2.75) is 161 Å². The summed E-state index contributed by atoms with van der Waals surface area (Å²) in [5.74, 6) is 0.958. The number of likely N-dealkylation sites (N-methyl/N-ethyl adjacent to an activating group) is 1. The van der Waals surface area contributed by atoms with Gasteiger partial charge in [-0.15, -0.1) is 0 Å². The Bertz CT molecular complexity index is 3080. The van der Waals surface area contributed by atoms with Crippen LogP contribution in [0, 0.1) is 22.7 Å². The Morgan fingerprint density at radius 3 is 2.37 bits per heavy atom. The number of alkyl halides is 3. The second kappa shape index (κ2) is 24.1. The van der Waals surface area contributed by atoms with Crippen LogP contribution in [0.25, 0.3) is 10.9 Å². The molecule has 15 nitrogen and oxygen atoms in total. The van der Waals surface area contributed by atoms with Crippen molar-refractivity contribution in [3.63, 3.8) is 0 Å². The van der Waals surface area contributed by atoms with Gasteiger partial charge < -0.3 is 40.5 Å². The molecule has 4 N–H and O–H groups in total. The van der Waals surface area contributed by atoms with E-state index >= 15 is 0 Å². The van der Waals surface area contributed by atoms with E-state index in [1.807, 2.05) is 55.9 Å². The highest BCUT2D eigenvalue weighted by Gasteiger charge is 2.46. The standard InChI is InChI=1S/C63H80F3N9O6/c1-39(67-5)57(76)71-56(61(2,3)4)60(79)74-37-44-30-47(24-21-43(44)32-53(74)59(78)69-49-16-9-14-42-13-7-8-15-48(42)49)81-29-11-12-41-34-62(35-41)25-27-73(28-26-62)36-40-19-22-46(23-20-40)75-38-45-31-52(54(80-6)33-51(45)72-75)70-58(77)50-17-10-18-55(68-50)63(64,65)66/h7-8,10,13,15,17-18,21,24,30-31,33,38-41,46,49,53,56,67H,9,11-12,14,16,19-20,22-23,25-29,32,34-37H2,1-6H3,(H,69,78)(H,70,77)(H,71,76)/t39-,40-,46-,49+,53-,56+/m0/s1. The summed E-state index contributed by atoms with van der Waals surface area (Å²) in [7, 11) is 3.18. The number of anilines is 1. The average Bonchev–Trinajstić information content (AvgIpc) is 4.07. The van der Waals surface area contributed by atoms with E-state index < -0.39 is 41.3 Å². The number of piperidine rings is 1. The molecule has 18 heteroatoms. The summed E-state index contributed by atoms with van der Waals surface area (Å²) < 4.78 is 53.8. The third kappa shape index (κ3) is 13.2. The van der Waals surface area contributed by atoms with Crippen molar-refractivity contribution in [1.82, 2.24) is 40.5 Å². The number of aromatic nitrogens is 3. The number of aryl methyl sites for hydroxylation is 1. The van der Waals surface area contributed by atoms with Crippen molar-refractivity contribution in [2.24, 2.45) is 22.7 Å². The van der Waals surface area contributed by atoms with Crippen LogP contribution >= 0.6 is 0 Å². The summed E-state index contributed by atoms with van der Waals surface area (Å²) >= 11 is 0. The number of fused-ring (bicyclic) bond motifs is 3. The van der Waals surface area contributed by atoms with E-state index in [0.29, 0.717) is 47.2 Å². The molecule has 3 fully saturated rings. The molecule has 0 unspecified atom stereocenters. The highest BCUT2D eigenvalue weighted by molar-refractivity contribution is 6.05. The number of ether oxygens (including phenoxy) is 2. The largest absolute Gasteiger partial charge is 0.494 e. The first kappa shape index (κ1) is 57.7. The maximum absolute atomic E-state index is 14.8. The number of hydrogen-bond acceptors (Lipinski definition) is 10. The van der Waals surface area contributed by atoms with Crippen molar-refractivity contribution < 1.29 is 41.8 Å².